The number of rotatable bonds is 5. The Morgan fingerprint density at radius 3 is 2.71 bits per heavy atom. The van der Waals surface area contributed by atoms with Crippen molar-refractivity contribution in [2.24, 2.45) is 0 Å². The lowest BCUT2D eigenvalue weighted by molar-refractivity contribution is 0.677. The van der Waals surface area contributed by atoms with Crippen LogP contribution in [0, 0.1) is 6.92 Å². The molecule has 0 radical (unpaired) electrons. The van der Waals surface area contributed by atoms with E-state index in [4.69, 9.17) is 11.6 Å². The van der Waals surface area contributed by atoms with E-state index in [1.54, 1.807) is 0 Å². The molecule has 1 nitrogen and oxygen atoms in total. The summed E-state index contributed by atoms with van der Waals surface area (Å²) in [6.07, 6.45) is 3.62. The van der Waals surface area contributed by atoms with Gasteiger partial charge in [0.15, 0.2) is 0 Å². The summed E-state index contributed by atoms with van der Waals surface area (Å²) in [5, 5.41) is 4.02. The third-order valence-corrected chi connectivity index (χ3v) is 2.79. The van der Waals surface area contributed by atoms with Gasteiger partial charge in [0.05, 0.1) is 0 Å². The molecule has 0 spiro atoms. The lowest BCUT2D eigenvalue weighted by Crippen LogP contribution is -2.07. The van der Waals surface area contributed by atoms with Gasteiger partial charge >= 0.3 is 0 Å². The highest BCUT2D eigenvalue weighted by atomic mass is 35.5. The van der Waals surface area contributed by atoms with Crippen LogP contribution in [-0.2, 0) is 6.42 Å². The fourth-order valence-electron chi connectivity index (χ4n) is 1.49. The van der Waals surface area contributed by atoms with E-state index in [-0.39, 0.29) is 0 Å². The molecule has 1 aromatic carbocycles. The molecule has 0 aliphatic heterocycles. The Bertz CT molecular complexity index is 284. The Kier molecular flexibility index (Phi) is 4.99. The molecule has 78 valence electrons. The van der Waals surface area contributed by atoms with E-state index in [0.717, 1.165) is 18.0 Å². The van der Waals surface area contributed by atoms with Crippen molar-refractivity contribution in [3.63, 3.8) is 0 Å². The Morgan fingerprint density at radius 1 is 1.29 bits per heavy atom. The lowest BCUT2D eigenvalue weighted by Gasteiger charge is -2.04. The van der Waals surface area contributed by atoms with E-state index < -0.39 is 0 Å². The molecule has 0 bridgehead atoms. The first-order valence-corrected chi connectivity index (χ1v) is 5.51. The molecule has 0 unspecified atom stereocenters. The zero-order valence-electron chi connectivity index (χ0n) is 8.94. The highest BCUT2D eigenvalue weighted by Gasteiger charge is 1.97. The van der Waals surface area contributed by atoms with Crippen LogP contribution in [0.15, 0.2) is 18.2 Å². The predicted octanol–water partition coefficient (Wildman–Crippen LogP) is 3.19. The molecular weight excluding hydrogens is 194 g/mol. The topological polar surface area (TPSA) is 12.0 Å². The van der Waals surface area contributed by atoms with Crippen molar-refractivity contribution in [1.82, 2.24) is 5.32 Å². The number of unbranched alkanes of at least 4 members (excludes halogenated alkanes) is 1. The van der Waals surface area contributed by atoms with E-state index in [2.05, 4.69) is 24.4 Å². The quantitative estimate of drug-likeness (QED) is 0.738. The Hall–Kier alpha value is -0.530. The number of hydrogen-bond donors (Lipinski definition) is 1. The van der Waals surface area contributed by atoms with E-state index in [1.165, 1.54) is 24.0 Å². The Morgan fingerprint density at radius 2 is 2.07 bits per heavy atom. The average Bonchev–Trinajstić information content (AvgIpc) is 2.18. The third-order valence-electron chi connectivity index (χ3n) is 2.36. The second-order valence-corrected chi connectivity index (χ2v) is 4.05. The van der Waals surface area contributed by atoms with Gasteiger partial charge in [-0.1, -0.05) is 23.7 Å². The molecule has 0 aliphatic rings. The molecule has 14 heavy (non-hydrogen) atoms. The normalized spacial score (nSPS) is 10.5. The largest absolute Gasteiger partial charge is 0.320 e. The summed E-state index contributed by atoms with van der Waals surface area (Å²) < 4.78 is 0. The fourth-order valence-corrected chi connectivity index (χ4v) is 1.61. The molecule has 0 aliphatic carbocycles. The molecule has 0 atom stereocenters. The predicted molar refractivity (Wildman–Crippen MR) is 63.1 cm³/mol. The molecule has 1 rings (SSSR count). The third kappa shape index (κ3) is 3.69. The van der Waals surface area contributed by atoms with Crippen LogP contribution in [0.2, 0.25) is 5.02 Å². The van der Waals surface area contributed by atoms with Crippen LogP contribution < -0.4 is 5.32 Å². The van der Waals surface area contributed by atoms with Gasteiger partial charge in [-0.25, -0.2) is 0 Å². The van der Waals surface area contributed by atoms with Crippen LogP contribution in [0.4, 0.5) is 0 Å². The summed E-state index contributed by atoms with van der Waals surface area (Å²) in [7, 11) is 1.99. The van der Waals surface area contributed by atoms with Gasteiger partial charge in [0, 0.05) is 5.02 Å². The monoisotopic (exact) mass is 211 g/mol. The summed E-state index contributed by atoms with van der Waals surface area (Å²) in [5.74, 6) is 0. The van der Waals surface area contributed by atoms with Crippen molar-refractivity contribution >= 4 is 11.6 Å². The maximum Gasteiger partial charge on any atom is 0.0435 e. The van der Waals surface area contributed by atoms with Crippen LogP contribution in [0.5, 0.6) is 0 Å². The van der Waals surface area contributed by atoms with Gasteiger partial charge in [-0.05, 0) is 57.0 Å². The maximum absolute atomic E-state index is 5.95. The first kappa shape index (κ1) is 11.5. The van der Waals surface area contributed by atoms with Gasteiger partial charge in [-0.2, -0.15) is 0 Å². The number of aryl methyl sites for hydroxylation is 2. The van der Waals surface area contributed by atoms with Gasteiger partial charge in [0.1, 0.15) is 0 Å². The molecule has 0 fully saturated rings. The molecule has 0 aromatic heterocycles. The van der Waals surface area contributed by atoms with Crippen LogP contribution in [-0.4, -0.2) is 13.6 Å². The summed E-state index contributed by atoms with van der Waals surface area (Å²) in [5.41, 5.74) is 2.57. The lowest BCUT2D eigenvalue weighted by atomic mass is 10.1. The van der Waals surface area contributed by atoms with Crippen LogP contribution in [0.25, 0.3) is 0 Å². The average molecular weight is 212 g/mol. The van der Waals surface area contributed by atoms with Gasteiger partial charge in [0.2, 0.25) is 0 Å². The van der Waals surface area contributed by atoms with Crippen molar-refractivity contribution in [3.8, 4) is 0 Å². The van der Waals surface area contributed by atoms with Gasteiger partial charge in [0.25, 0.3) is 0 Å². The smallest absolute Gasteiger partial charge is 0.0435 e. The standard InChI is InChI=1S/C12H18ClN/c1-10-9-11(6-7-12(10)13)5-3-4-8-14-2/h6-7,9,14H,3-5,8H2,1-2H3. The zero-order chi connectivity index (χ0) is 10.4. The molecule has 1 N–H and O–H groups in total. The Balaban J connectivity index is 2.39. The minimum absolute atomic E-state index is 0.865. The van der Waals surface area contributed by atoms with Crippen LogP contribution >= 0.6 is 11.6 Å². The summed E-state index contributed by atoms with van der Waals surface area (Å²) in [6, 6.07) is 6.29. The SMILES string of the molecule is CNCCCCc1ccc(Cl)c(C)c1. The molecule has 1 aromatic rings. The molecule has 2 heteroatoms. The number of hydrogen-bond acceptors (Lipinski definition) is 1. The summed E-state index contributed by atoms with van der Waals surface area (Å²) >= 11 is 5.95. The van der Waals surface area contributed by atoms with Crippen molar-refractivity contribution in [2.45, 2.75) is 26.2 Å². The Labute approximate surface area is 91.5 Å². The van der Waals surface area contributed by atoms with E-state index >= 15 is 0 Å². The first-order chi connectivity index (χ1) is 6.74. The van der Waals surface area contributed by atoms with Crippen LogP contribution in [0.1, 0.15) is 24.0 Å². The zero-order valence-corrected chi connectivity index (χ0v) is 9.69. The minimum atomic E-state index is 0.865. The van der Waals surface area contributed by atoms with E-state index in [1.807, 2.05) is 13.1 Å². The molecular formula is C12H18ClN. The van der Waals surface area contributed by atoms with Crippen molar-refractivity contribution in [3.05, 3.63) is 34.3 Å². The van der Waals surface area contributed by atoms with Gasteiger partial charge in [-0.3, -0.25) is 0 Å². The van der Waals surface area contributed by atoms with Gasteiger partial charge in [-0.15, -0.1) is 0 Å². The molecule has 0 heterocycles. The van der Waals surface area contributed by atoms with Crippen LogP contribution in [0.3, 0.4) is 0 Å². The highest BCUT2D eigenvalue weighted by Crippen LogP contribution is 2.17. The summed E-state index contributed by atoms with van der Waals surface area (Å²) in [6.45, 7) is 3.16. The van der Waals surface area contributed by atoms with Gasteiger partial charge < -0.3 is 5.32 Å². The molecule has 0 saturated carbocycles. The number of nitrogens with one attached hydrogen (secondary N) is 1. The van der Waals surface area contributed by atoms with E-state index in [9.17, 15) is 0 Å². The number of benzene rings is 1. The van der Waals surface area contributed by atoms with Crippen molar-refractivity contribution < 1.29 is 0 Å². The minimum Gasteiger partial charge on any atom is -0.320 e. The van der Waals surface area contributed by atoms with Crippen molar-refractivity contribution in [1.29, 1.82) is 0 Å². The summed E-state index contributed by atoms with van der Waals surface area (Å²) in [4.78, 5) is 0. The fraction of sp³-hybridized carbons (Fsp3) is 0.500. The number of halogens is 1. The molecule has 0 amide bonds. The van der Waals surface area contributed by atoms with Crippen molar-refractivity contribution in [2.75, 3.05) is 13.6 Å². The van der Waals surface area contributed by atoms with E-state index in [0.29, 0.717) is 0 Å². The molecule has 0 saturated heterocycles. The maximum atomic E-state index is 5.95. The second kappa shape index (κ2) is 6.05. The highest BCUT2D eigenvalue weighted by molar-refractivity contribution is 6.31. The second-order valence-electron chi connectivity index (χ2n) is 3.64. The first-order valence-electron chi connectivity index (χ1n) is 5.13.